The van der Waals surface area contributed by atoms with Gasteiger partial charge in [0.15, 0.2) is 5.82 Å². The molecule has 0 spiro atoms. The van der Waals surface area contributed by atoms with E-state index in [-0.39, 0.29) is 5.82 Å². The summed E-state index contributed by atoms with van der Waals surface area (Å²) in [6.45, 7) is 2.34. The van der Waals surface area contributed by atoms with Gasteiger partial charge in [-0.1, -0.05) is 5.16 Å². The zero-order valence-corrected chi connectivity index (χ0v) is 9.12. The lowest BCUT2D eigenvalue weighted by Gasteiger charge is -1.97. The number of benzene rings is 1. The maximum atomic E-state index is 13.2. The summed E-state index contributed by atoms with van der Waals surface area (Å²) in [6.07, 6.45) is 0. The molecular weight excluding hydrogens is 209 g/mol. The fourth-order valence-corrected chi connectivity index (χ4v) is 1.46. The molecule has 0 saturated carbocycles. The van der Waals surface area contributed by atoms with Crippen LogP contribution in [0.2, 0.25) is 0 Å². The number of rotatable bonds is 3. The van der Waals surface area contributed by atoms with E-state index in [0.29, 0.717) is 23.8 Å². The summed E-state index contributed by atoms with van der Waals surface area (Å²) in [5, 5.41) is 6.68. The van der Waals surface area contributed by atoms with E-state index in [1.54, 1.807) is 13.1 Å². The lowest BCUT2D eigenvalue weighted by molar-refractivity contribution is 0.420. The van der Waals surface area contributed by atoms with Crippen molar-refractivity contribution in [2.24, 2.45) is 0 Å². The monoisotopic (exact) mass is 221 g/mol. The van der Waals surface area contributed by atoms with Crippen molar-refractivity contribution in [2.75, 3.05) is 7.05 Å². The van der Waals surface area contributed by atoms with E-state index in [0.717, 1.165) is 5.56 Å². The summed E-state index contributed by atoms with van der Waals surface area (Å²) >= 11 is 0. The summed E-state index contributed by atoms with van der Waals surface area (Å²) in [7, 11) is 1.79. The number of halogens is 1. The molecule has 1 heterocycles. The fraction of sp³-hybridized carbons (Fsp3) is 0.273. The van der Waals surface area contributed by atoms with Gasteiger partial charge in [0.05, 0.1) is 6.54 Å². The Hall–Kier alpha value is -1.75. The molecule has 2 aromatic rings. The zero-order valence-electron chi connectivity index (χ0n) is 9.12. The highest BCUT2D eigenvalue weighted by Crippen LogP contribution is 2.19. The van der Waals surface area contributed by atoms with Gasteiger partial charge in [-0.2, -0.15) is 4.98 Å². The van der Waals surface area contributed by atoms with Gasteiger partial charge in [-0.15, -0.1) is 0 Å². The van der Waals surface area contributed by atoms with Crippen molar-refractivity contribution in [1.82, 2.24) is 15.5 Å². The fourth-order valence-electron chi connectivity index (χ4n) is 1.46. The second-order valence-corrected chi connectivity index (χ2v) is 3.56. The van der Waals surface area contributed by atoms with Crippen molar-refractivity contribution < 1.29 is 8.91 Å². The Balaban J connectivity index is 2.34. The van der Waals surface area contributed by atoms with Gasteiger partial charge in [0.2, 0.25) is 0 Å². The first-order chi connectivity index (χ1) is 7.69. The van der Waals surface area contributed by atoms with E-state index in [4.69, 9.17) is 4.52 Å². The Morgan fingerprint density at radius 3 is 2.88 bits per heavy atom. The molecule has 1 N–H and O–H groups in total. The van der Waals surface area contributed by atoms with Crippen LogP contribution < -0.4 is 5.32 Å². The van der Waals surface area contributed by atoms with E-state index < -0.39 is 0 Å². The van der Waals surface area contributed by atoms with Crippen molar-refractivity contribution >= 4 is 0 Å². The van der Waals surface area contributed by atoms with Crippen LogP contribution in [0.1, 0.15) is 11.4 Å². The molecule has 0 aliphatic rings. The standard InChI is InChI=1S/C11H12FN3O/c1-7-3-8(5-9(12)4-7)11-14-10(6-13-2)15-16-11/h3-5,13H,6H2,1-2H3. The lowest BCUT2D eigenvalue weighted by atomic mass is 10.1. The third-order valence-corrected chi connectivity index (χ3v) is 2.09. The molecule has 0 atom stereocenters. The molecule has 0 saturated heterocycles. The highest BCUT2D eigenvalue weighted by atomic mass is 19.1. The van der Waals surface area contributed by atoms with Crippen LogP contribution in [0, 0.1) is 12.7 Å². The summed E-state index contributed by atoms with van der Waals surface area (Å²) in [5.74, 6) is 0.593. The number of nitrogens with zero attached hydrogens (tertiary/aromatic N) is 2. The van der Waals surface area contributed by atoms with Gasteiger partial charge in [0.1, 0.15) is 5.82 Å². The van der Waals surface area contributed by atoms with E-state index in [1.807, 2.05) is 6.92 Å². The van der Waals surface area contributed by atoms with Crippen LogP contribution in [0.25, 0.3) is 11.5 Å². The number of hydrogen-bond donors (Lipinski definition) is 1. The average molecular weight is 221 g/mol. The van der Waals surface area contributed by atoms with Crippen LogP contribution in [0.3, 0.4) is 0 Å². The quantitative estimate of drug-likeness (QED) is 0.860. The van der Waals surface area contributed by atoms with Crippen LogP contribution in [0.4, 0.5) is 4.39 Å². The van der Waals surface area contributed by atoms with Crippen LogP contribution in [0.15, 0.2) is 22.7 Å². The van der Waals surface area contributed by atoms with Crippen molar-refractivity contribution in [3.63, 3.8) is 0 Å². The maximum Gasteiger partial charge on any atom is 0.258 e. The van der Waals surface area contributed by atoms with E-state index in [9.17, 15) is 4.39 Å². The topological polar surface area (TPSA) is 51.0 Å². The predicted octanol–water partition coefficient (Wildman–Crippen LogP) is 1.90. The van der Waals surface area contributed by atoms with Gasteiger partial charge in [-0.3, -0.25) is 0 Å². The summed E-state index contributed by atoms with van der Waals surface area (Å²) < 4.78 is 18.2. The molecule has 5 heteroatoms. The minimum atomic E-state index is -0.302. The molecule has 84 valence electrons. The molecule has 0 unspecified atom stereocenters. The van der Waals surface area contributed by atoms with Gasteiger partial charge in [0, 0.05) is 5.56 Å². The summed E-state index contributed by atoms with van der Waals surface area (Å²) in [6, 6.07) is 4.64. The number of aromatic nitrogens is 2. The van der Waals surface area contributed by atoms with Crippen molar-refractivity contribution in [1.29, 1.82) is 0 Å². The Morgan fingerprint density at radius 1 is 1.38 bits per heavy atom. The van der Waals surface area contributed by atoms with Gasteiger partial charge < -0.3 is 9.84 Å². The van der Waals surface area contributed by atoms with E-state index in [1.165, 1.54) is 12.1 Å². The second kappa shape index (κ2) is 4.40. The highest BCUT2D eigenvalue weighted by molar-refractivity contribution is 5.54. The number of nitrogens with one attached hydrogen (secondary N) is 1. The van der Waals surface area contributed by atoms with Crippen molar-refractivity contribution in [2.45, 2.75) is 13.5 Å². The third kappa shape index (κ3) is 2.25. The molecule has 1 aromatic heterocycles. The molecule has 1 aromatic carbocycles. The molecule has 0 amide bonds. The first-order valence-electron chi connectivity index (χ1n) is 4.94. The van der Waals surface area contributed by atoms with Gasteiger partial charge in [-0.25, -0.2) is 4.39 Å². The van der Waals surface area contributed by atoms with Gasteiger partial charge in [-0.05, 0) is 37.7 Å². The lowest BCUT2D eigenvalue weighted by Crippen LogP contribution is -2.06. The molecule has 2 rings (SSSR count). The molecule has 0 aliphatic heterocycles. The molecule has 0 bridgehead atoms. The van der Waals surface area contributed by atoms with E-state index in [2.05, 4.69) is 15.5 Å². The van der Waals surface area contributed by atoms with Gasteiger partial charge >= 0.3 is 0 Å². The maximum absolute atomic E-state index is 13.2. The number of hydrogen-bond acceptors (Lipinski definition) is 4. The average Bonchev–Trinajstić information content (AvgIpc) is 2.65. The molecular formula is C11H12FN3O. The van der Waals surface area contributed by atoms with Gasteiger partial charge in [0.25, 0.3) is 5.89 Å². The molecule has 0 aliphatic carbocycles. The van der Waals surface area contributed by atoms with Crippen molar-refractivity contribution in [3.05, 3.63) is 35.4 Å². The largest absolute Gasteiger partial charge is 0.334 e. The molecule has 0 fully saturated rings. The number of aryl methyl sites for hydroxylation is 1. The Kier molecular flexibility index (Phi) is 2.96. The Bertz CT molecular complexity index is 475. The Labute approximate surface area is 92.5 Å². The van der Waals surface area contributed by atoms with E-state index >= 15 is 0 Å². The minimum Gasteiger partial charge on any atom is -0.334 e. The second-order valence-electron chi connectivity index (χ2n) is 3.56. The normalized spacial score (nSPS) is 10.7. The molecule has 16 heavy (non-hydrogen) atoms. The Morgan fingerprint density at radius 2 is 2.19 bits per heavy atom. The molecule has 4 nitrogen and oxygen atoms in total. The van der Waals surface area contributed by atoms with Crippen LogP contribution in [-0.2, 0) is 6.54 Å². The van der Waals surface area contributed by atoms with Crippen molar-refractivity contribution in [3.8, 4) is 11.5 Å². The first kappa shape index (κ1) is 10.8. The predicted molar refractivity (Wildman–Crippen MR) is 57.2 cm³/mol. The minimum absolute atomic E-state index is 0.302. The third-order valence-electron chi connectivity index (χ3n) is 2.09. The zero-order chi connectivity index (χ0) is 11.5. The molecule has 0 radical (unpaired) electrons. The summed E-state index contributed by atoms with van der Waals surface area (Å²) in [4.78, 5) is 4.15. The van der Waals surface area contributed by atoms with Crippen LogP contribution in [-0.4, -0.2) is 17.2 Å². The SMILES string of the molecule is CNCc1noc(-c2cc(C)cc(F)c2)n1. The highest BCUT2D eigenvalue weighted by Gasteiger charge is 2.09. The first-order valence-corrected chi connectivity index (χ1v) is 4.94. The summed E-state index contributed by atoms with van der Waals surface area (Å²) in [5.41, 5.74) is 1.43. The van der Waals surface area contributed by atoms with Crippen LogP contribution >= 0.6 is 0 Å². The smallest absolute Gasteiger partial charge is 0.258 e. The van der Waals surface area contributed by atoms with Crippen LogP contribution in [0.5, 0.6) is 0 Å².